The van der Waals surface area contributed by atoms with E-state index in [9.17, 15) is 13.2 Å². The highest BCUT2D eigenvalue weighted by atomic mass is 32.2. The summed E-state index contributed by atoms with van der Waals surface area (Å²) < 4.78 is 29.8. The molecule has 0 aliphatic carbocycles. The van der Waals surface area contributed by atoms with Gasteiger partial charge in [-0.2, -0.15) is 0 Å². The molecule has 0 unspecified atom stereocenters. The van der Waals surface area contributed by atoms with Crippen molar-refractivity contribution >= 4 is 27.3 Å². The number of esters is 1. The number of rotatable bonds is 5. The molecule has 23 heavy (non-hydrogen) atoms. The third-order valence-electron chi connectivity index (χ3n) is 2.94. The van der Waals surface area contributed by atoms with Crippen LogP contribution in [-0.4, -0.2) is 20.6 Å². The number of anilines is 1. The maximum Gasteiger partial charge on any atom is 0.336 e. The van der Waals surface area contributed by atoms with Crippen molar-refractivity contribution in [3.8, 4) is 5.75 Å². The summed E-state index contributed by atoms with van der Waals surface area (Å²) in [5, 5.41) is 0. The molecule has 0 radical (unpaired) electrons. The van der Waals surface area contributed by atoms with Crippen LogP contribution < -0.4 is 9.46 Å². The number of hydrogen-bond acceptors (Lipinski definition) is 4. The summed E-state index contributed by atoms with van der Waals surface area (Å²) in [7, 11) is -3.33. The van der Waals surface area contributed by atoms with Gasteiger partial charge < -0.3 is 4.74 Å². The minimum Gasteiger partial charge on any atom is -0.423 e. The van der Waals surface area contributed by atoms with E-state index in [0.29, 0.717) is 11.4 Å². The Morgan fingerprint density at radius 1 is 1.04 bits per heavy atom. The molecule has 6 heteroatoms. The van der Waals surface area contributed by atoms with Crippen LogP contribution >= 0.6 is 0 Å². The molecule has 0 amide bonds. The number of carbonyl (C=O) groups is 1. The molecular weight excluding hydrogens is 314 g/mol. The monoisotopic (exact) mass is 331 g/mol. The van der Waals surface area contributed by atoms with Crippen molar-refractivity contribution in [3.05, 3.63) is 66.2 Å². The zero-order chi connectivity index (χ0) is 16.9. The van der Waals surface area contributed by atoms with Gasteiger partial charge in [0.15, 0.2) is 0 Å². The Morgan fingerprint density at radius 2 is 1.65 bits per heavy atom. The first kappa shape index (κ1) is 16.8. The fourth-order valence-corrected chi connectivity index (χ4v) is 2.48. The first-order chi connectivity index (χ1) is 10.8. The number of carbonyl (C=O) groups excluding carboxylic acids is 1. The molecular formula is C17H17NO4S. The lowest BCUT2D eigenvalue weighted by atomic mass is 10.1. The molecule has 2 aromatic rings. The molecule has 0 atom stereocenters. The minimum atomic E-state index is -3.33. The summed E-state index contributed by atoms with van der Waals surface area (Å²) in [4.78, 5) is 11.9. The lowest BCUT2D eigenvalue weighted by Crippen LogP contribution is -2.09. The van der Waals surface area contributed by atoms with Crippen molar-refractivity contribution in [1.82, 2.24) is 0 Å². The molecule has 0 fully saturated rings. The molecule has 0 heterocycles. The number of ether oxygens (including phenoxy) is 1. The summed E-state index contributed by atoms with van der Waals surface area (Å²) in [6, 6.07) is 15.6. The van der Waals surface area contributed by atoms with Crippen molar-refractivity contribution in [3.63, 3.8) is 0 Å². The third kappa shape index (κ3) is 5.60. The van der Waals surface area contributed by atoms with E-state index >= 15 is 0 Å². The SMILES string of the molecule is C/C(=C\C(=O)Oc1ccc(NS(C)(=O)=O)cc1)c1ccccc1. The summed E-state index contributed by atoms with van der Waals surface area (Å²) >= 11 is 0. The average molecular weight is 331 g/mol. The summed E-state index contributed by atoms with van der Waals surface area (Å²) in [6.45, 7) is 1.83. The van der Waals surface area contributed by atoms with Crippen molar-refractivity contribution in [1.29, 1.82) is 0 Å². The first-order valence-electron chi connectivity index (χ1n) is 6.87. The van der Waals surface area contributed by atoms with Gasteiger partial charge in [0.2, 0.25) is 10.0 Å². The molecule has 0 aromatic heterocycles. The highest BCUT2D eigenvalue weighted by Crippen LogP contribution is 2.18. The maximum atomic E-state index is 11.9. The van der Waals surface area contributed by atoms with Crippen molar-refractivity contribution in [2.75, 3.05) is 11.0 Å². The van der Waals surface area contributed by atoms with Crippen LogP contribution in [0.4, 0.5) is 5.69 Å². The van der Waals surface area contributed by atoms with Gasteiger partial charge in [-0.15, -0.1) is 0 Å². The van der Waals surface area contributed by atoms with E-state index < -0.39 is 16.0 Å². The number of sulfonamides is 1. The first-order valence-corrected chi connectivity index (χ1v) is 8.76. The number of benzene rings is 2. The smallest absolute Gasteiger partial charge is 0.336 e. The van der Waals surface area contributed by atoms with E-state index in [2.05, 4.69) is 4.72 Å². The summed E-state index contributed by atoms with van der Waals surface area (Å²) in [5.41, 5.74) is 2.14. The Hall–Kier alpha value is -2.60. The van der Waals surface area contributed by atoms with Crippen molar-refractivity contribution in [2.45, 2.75) is 6.92 Å². The highest BCUT2D eigenvalue weighted by Gasteiger charge is 2.05. The van der Waals surface area contributed by atoms with Gasteiger partial charge in [-0.25, -0.2) is 13.2 Å². The fraction of sp³-hybridized carbons (Fsp3) is 0.118. The molecule has 2 aromatic carbocycles. The number of nitrogens with one attached hydrogen (secondary N) is 1. The largest absolute Gasteiger partial charge is 0.423 e. The van der Waals surface area contributed by atoms with Crippen molar-refractivity contribution < 1.29 is 17.9 Å². The molecule has 1 N–H and O–H groups in total. The van der Waals surface area contributed by atoms with E-state index in [-0.39, 0.29) is 0 Å². The van der Waals surface area contributed by atoms with E-state index in [1.54, 1.807) is 0 Å². The van der Waals surface area contributed by atoms with Crippen LogP contribution in [0, 0.1) is 0 Å². The topological polar surface area (TPSA) is 72.5 Å². The zero-order valence-electron chi connectivity index (χ0n) is 12.8. The molecule has 2 rings (SSSR count). The van der Waals surface area contributed by atoms with Gasteiger partial charge in [-0.1, -0.05) is 30.3 Å². The maximum absolute atomic E-state index is 11.9. The van der Waals surface area contributed by atoms with E-state index in [1.165, 1.54) is 30.3 Å². The van der Waals surface area contributed by atoms with Gasteiger partial charge in [-0.05, 0) is 42.3 Å². The Kier molecular flexibility index (Phi) is 5.18. The van der Waals surface area contributed by atoms with E-state index in [1.807, 2.05) is 37.3 Å². The summed E-state index contributed by atoms with van der Waals surface area (Å²) in [6.07, 6.45) is 2.48. The molecule has 0 bridgehead atoms. The molecule has 5 nitrogen and oxygen atoms in total. The quantitative estimate of drug-likeness (QED) is 0.519. The predicted molar refractivity (Wildman–Crippen MR) is 90.6 cm³/mol. The minimum absolute atomic E-state index is 0.339. The predicted octanol–water partition coefficient (Wildman–Crippen LogP) is 3.07. The van der Waals surface area contributed by atoms with Gasteiger partial charge in [-0.3, -0.25) is 4.72 Å². The van der Waals surface area contributed by atoms with Crippen LogP contribution in [0.2, 0.25) is 0 Å². The second-order valence-electron chi connectivity index (χ2n) is 5.01. The second-order valence-corrected chi connectivity index (χ2v) is 6.76. The van der Waals surface area contributed by atoms with Gasteiger partial charge in [0, 0.05) is 11.8 Å². The third-order valence-corrected chi connectivity index (χ3v) is 3.55. The van der Waals surface area contributed by atoms with Crippen LogP contribution in [0.1, 0.15) is 12.5 Å². The Bertz CT molecular complexity index is 809. The van der Waals surface area contributed by atoms with Crippen LogP contribution in [0.5, 0.6) is 5.75 Å². The summed E-state index contributed by atoms with van der Waals surface area (Å²) in [5.74, 6) is -0.152. The molecule has 0 saturated heterocycles. The fourth-order valence-electron chi connectivity index (χ4n) is 1.91. The van der Waals surface area contributed by atoms with Crippen LogP contribution in [0.25, 0.3) is 5.57 Å². The standard InChI is InChI=1S/C17H17NO4S/c1-13(14-6-4-3-5-7-14)12-17(19)22-16-10-8-15(9-11-16)18-23(2,20)21/h3-12,18H,1-2H3/b13-12+. The molecule has 0 spiro atoms. The van der Waals surface area contributed by atoms with Crippen LogP contribution in [0.15, 0.2) is 60.7 Å². The highest BCUT2D eigenvalue weighted by molar-refractivity contribution is 7.92. The lowest BCUT2D eigenvalue weighted by Gasteiger charge is -2.06. The Labute approximate surface area is 135 Å². The Balaban J connectivity index is 2.03. The number of allylic oxidation sites excluding steroid dienone is 1. The zero-order valence-corrected chi connectivity index (χ0v) is 13.6. The van der Waals surface area contributed by atoms with Gasteiger partial charge in [0.25, 0.3) is 0 Å². The number of hydrogen-bond donors (Lipinski definition) is 1. The lowest BCUT2D eigenvalue weighted by molar-refractivity contribution is -0.128. The second kappa shape index (κ2) is 7.11. The molecule has 0 aliphatic rings. The Morgan fingerprint density at radius 3 is 2.22 bits per heavy atom. The molecule has 0 aliphatic heterocycles. The van der Waals surface area contributed by atoms with Crippen molar-refractivity contribution in [2.24, 2.45) is 0 Å². The van der Waals surface area contributed by atoms with Crippen LogP contribution in [-0.2, 0) is 14.8 Å². The molecule has 0 saturated carbocycles. The van der Waals surface area contributed by atoms with E-state index in [0.717, 1.165) is 17.4 Å². The van der Waals surface area contributed by atoms with Gasteiger partial charge in [0.05, 0.1) is 6.26 Å². The normalized spacial score (nSPS) is 11.8. The van der Waals surface area contributed by atoms with E-state index in [4.69, 9.17) is 4.74 Å². The van der Waals surface area contributed by atoms with Crippen LogP contribution in [0.3, 0.4) is 0 Å². The van der Waals surface area contributed by atoms with Gasteiger partial charge in [0.1, 0.15) is 5.75 Å². The van der Waals surface area contributed by atoms with Gasteiger partial charge >= 0.3 is 5.97 Å². The molecule has 120 valence electrons. The average Bonchev–Trinajstić information content (AvgIpc) is 2.48.